The monoisotopic (exact) mass is 324 g/mol. The summed E-state index contributed by atoms with van der Waals surface area (Å²) < 4.78 is 0. The summed E-state index contributed by atoms with van der Waals surface area (Å²) >= 11 is 6.10. The molecule has 1 aliphatic carbocycles. The minimum atomic E-state index is -0.105. The van der Waals surface area contributed by atoms with Crippen molar-refractivity contribution in [3.63, 3.8) is 0 Å². The van der Waals surface area contributed by atoms with Crippen LogP contribution in [0.2, 0.25) is 5.02 Å². The highest BCUT2D eigenvalue weighted by molar-refractivity contribution is 6.33. The number of aromatic amines is 1. The van der Waals surface area contributed by atoms with E-state index >= 15 is 0 Å². The highest BCUT2D eigenvalue weighted by atomic mass is 35.5. The van der Waals surface area contributed by atoms with E-state index in [0.29, 0.717) is 10.6 Å². The molecule has 1 atom stereocenters. The Labute approximate surface area is 139 Å². The molecule has 0 aliphatic heterocycles. The third-order valence-corrected chi connectivity index (χ3v) is 4.83. The summed E-state index contributed by atoms with van der Waals surface area (Å²) in [6, 6.07) is 13.7. The molecule has 0 saturated carbocycles. The minimum Gasteiger partial charge on any atom is -0.358 e. The molecule has 4 heteroatoms. The molecule has 2 N–H and O–H groups in total. The predicted octanol–water partition coefficient (Wildman–Crippen LogP) is 4.03. The van der Waals surface area contributed by atoms with Crippen molar-refractivity contribution in [1.82, 2.24) is 10.3 Å². The summed E-state index contributed by atoms with van der Waals surface area (Å²) in [4.78, 5) is 15.9. The number of carbonyl (C=O) groups is 1. The van der Waals surface area contributed by atoms with E-state index in [1.165, 1.54) is 27.7 Å². The lowest BCUT2D eigenvalue weighted by molar-refractivity contribution is 0.0938. The van der Waals surface area contributed by atoms with Gasteiger partial charge in [-0.05, 0) is 43.2 Å². The van der Waals surface area contributed by atoms with Gasteiger partial charge in [-0.25, -0.2) is 0 Å². The van der Waals surface area contributed by atoms with Crippen LogP contribution in [0.3, 0.4) is 0 Å². The Kier molecular flexibility index (Phi) is 3.38. The van der Waals surface area contributed by atoms with Crippen LogP contribution in [0.25, 0.3) is 10.9 Å². The Balaban J connectivity index is 1.56. The van der Waals surface area contributed by atoms with E-state index in [4.69, 9.17) is 11.6 Å². The minimum absolute atomic E-state index is 0.105. The van der Waals surface area contributed by atoms with Crippen LogP contribution >= 0.6 is 11.6 Å². The Bertz CT molecular complexity index is 913. The molecule has 3 nitrogen and oxygen atoms in total. The third-order valence-electron chi connectivity index (χ3n) is 4.50. The third kappa shape index (κ3) is 2.51. The molecule has 1 aliphatic rings. The number of fused-ring (bicyclic) bond motifs is 3. The van der Waals surface area contributed by atoms with Gasteiger partial charge in [-0.15, -0.1) is 0 Å². The van der Waals surface area contributed by atoms with Gasteiger partial charge in [0.15, 0.2) is 0 Å². The summed E-state index contributed by atoms with van der Waals surface area (Å²) in [6.45, 7) is 2.10. The number of H-pyrrole nitrogens is 1. The number of amides is 1. The van der Waals surface area contributed by atoms with Gasteiger partial charge in [-0.2, -0.15) is 0 Å². The average Bonchev–Trinajstić information content (AvgIpc) is 3.05. The smallest absolute Gasteiger partial charge is 0.253 e. The second-order valence-corrected chi connectivity index (χ2v) is 6.60. The van der Waals surface area contributed by atoms with Crippen LogP contribution in [0.1, 0.15) is 27.2 Å². The first-order valence-electron chi connectivity index (χ1n) is 7.77. The summed E-state index contributed by atoms with van der Waals surface area (Å²) in [5, 5.41) is 4.87. The number of rotatable bonds is 2. The molecule has 3 aromatic rings. The Morgan fingerprint density at radius 3 is 2.87 bits per heavy atom. The molecular formula is C19H17ClN2O. The van der Waals surface area contributed by atoms with Crippen molar-refractivity contribution in [2.75, 3.05) is 0 Å². The second-order valence-electron chi connectivity index (χ2n) is 6.19. The van der Waals surface area contributed by atoms with Crippen molar-refractivity contribution >= 4 is 28.4 Å². The molecule has 4 rings (SSSR count). The fourth-order valence-electron chi connectivity index (χ4n) is 3.40. The van der Waals surface area contributed by atoms with Gasteiger partial charge >= 0.3 is 0 Å². The summed E-state index contributed by atoms with van der Waals surface area (Å²) in [6.07, 6.45) is 1.69. The van der Waals surface area contributed by atoms with Crippen LogP contribution in [-0.2, 0) is 12.8 Å². The summed E-state index contributed by atoms with van der Waals surface area (Å²) in [5.74, 6) is -0.105. The van der Waals surface area contributed by atoms with Gasteiger partial charge in [-0.1, -0.05) is 35.4 Å². The number of aromatic nitrogens is 1. The molecule has 0 bridgehead atoms. The number of aryl methyl sites for hydroxylation is 1. The van der Waals surface area contributed by atoms with Gasteiger partial charge < -0.3 is 10.3 Å². The molecule has 1 aromatic heterocycles. The van der Waals surface area contributed by atoms with E-state index in [1.54, 1.807) is 12.1 Å². The lowest BCUT2D eigenvalue weighted by Crippen LogP contribution is -2.35. The van der Waals surface area contributed by atoms with Gasteiger partial charge in [0.1, 0.15) is 0 Å². The van der Waals surface area contributed by atoms with Gasteiger partial charge in [-0.3, -0.25) is 4.79 Å². The van der Waals surface area contributed by atoms with Crippen molar-refractivity contribution in [2.45, 2.75) is 25.8 Å². The first kappa shape index (κ1) is 14.3. The molecule has 1 amide bonds. The zero-order valence-electron chi connectivity index (χ0n) is 12.8. The molecule has 23 heavy (non-hydrogen) atoms. The van der Waals surface area contributed by atoms with Crippen LogP contribution in [0.5, 0.6) is 0 Å². The second kappa shape index (κ2) is 5.43. The molecule has 116 valence electrons. The normalized spacial score (nSPS) is 16.5. The largest absolute Gasteiger partial charge is 0.358 e. The number of carbonyl (C=O) groups excluding carboxylic acids is 1. The maximum atomic E-state index is 12.4. The molecule has 0 spiro atoms. The van der Waals surface area contributed by atoms with Crippen molar-refractivity contribution < 1.29 is 4.79 Å². The first-order chi connectivity index (χ1) is 11.1. The topological polar surface area (TPSA) is 44.9 Å². The molecule has 0 radical (unpaired) electrons. The molecule has 1 unspecified atom stereocenters. The van der Waals surface area contributed by atoms with E-state index < -0.39 is 0 Å². The molecule has 0 saturated heterocycles. The van der Waals surface area contributed by atoms with Crippen molar-refractivity contribution in [3.05, 3.63) is 69.9 Å². The Hall–Kier alpha value is -2.26. The van der Waals surface area contributed by atoms with Crippen molar-refractivity contribution in [2.24, 2.45) is 0 Å². The number of halogens is 1. The van der Waals surface area contributed by atoms with Crippen LogP contribution in [-0.4, -0.2) is 16.9 Å². The van der Waals surface area contributed by atoms with Gasteiger partial charge in [0.05, 0.1) is 10.6 Å². The fourth-order valence-corrected chi connectivity index (χ4v) is 3.62. The quantitative estimate of drug-likeness (QED) is 0.734. The highest BCUT2D eigenvalue weighted by Crippen LogP contribution is 2.31. The van der Waals surface area contributed by atoms with E-state index in [2.05, 4.69) is 35.4 Å². The van der Waals surface area contributed by atoms with Crippen LogP contribution < -0.4 is 5.32 Å². The number of nitrogens with one attached hydrogen (secondary N) is 2. The molecule has 0 fully saturated rings. The van der Waals surface area contributed by atoms with Crippen molar-refractivity contribution in [3.8, 4) is 0 Å². The van der Waals surface area contributed by atoms with E-state index in [9.17, 15) is 4.79 Å². The molecule has 1 heterocycles. The lowest BCUT2D eigenvalue weighted by atomic mass is 10.1. The summed E-state index contributed by atoms with van der Waals surface area (Å²) in [7, 11) is 0. The number of hydrogen-bond donors (Lipinski definition) is 2. The zero-order valence-corrected chi connectivity index (χ0v) is 13.6. The van der Waals surface area contributed by atoms with Gasteiger partial charge in [0, 0.05) is 29.1 Å². The van der Waals surface area contributed by atoms with E-state index in [0.717, 1.165) is 12.8 Å². The maximum Gasteiger partial charge on any atom is 0.253 e. The zero-order chi connectivity index (χ0) is 16.0. The first-order valence-corrected chi connectivity index (χ1v) is 8.15. The molecular weight excluding hydrogens is 308 g/mol. The Morgan fingerprint density at radius 1 is 1.22 bits per heavy atom. The average molecular weight is 325 g/mol. The van der Waals surface area contributed by atoms with Crippen LogP contribution in [0, 0.1) is 6.92 Å². The van der Waals surface area contributed by atoms with Crippen molar-refractivity contribution in [1.29, 1.82) is 0 Å². The number of benzene rings is 2. The maximum absolute atomic E-state index is 12.4. The Morgan fingerprint density at radius 2 is 2.04 bits per heavy atom. The fraction of sp³-hybridized carbons (Fsp3) is 0.211. The highest BCUT2D eigenvalue weighted by Gasteiger charge is 2.27. The van der Waals surface area contributed by atoms with E-state index in [-0.39, 0.29) is 11.9 Å². The molecule has 2 aromatic carbocycles. The van der Waals surface area contributed by atoms with Gasteiger partial charge in [0.25, 0.3) is 5.91 Å². The van der Waals surface area contributed by atoms with Crippen LogP contribution in [0.4, 0.5) is 0 Å². The summed E-state index contributed by atoms with van der Waals surface area (Å²) in [5.41, 5.74) is 5.52. The standard InChI is InChI=1S/C19H17ClN2O/c1-11-6-7-17-14(8-11)15-9-12(10-18(15)22-17)21-19(23)13-4-2-3-5-16(13)20/h2-8,12,22H,9-10H2,1H3,(H,21,23). The predicted molar refractivity (Wildman–Crippen MR) is 93.1 cm³/mol. The van der Waals surface area contributed by atoms with Gasteiger partial charge in [0.2, 0.25) is 0 Å². The van der Waals surface area contributed by atoms with E-state index in [1.807, 2.05) is 12.1 Å². The van der Waals surface area contributed by atoms with Crippen LogP contribution in [0.15, 0.2) is 42.5 Å². The SMILES string of the molecule is Cc1ccc2[nH]c3c(c2c1)CC(NC(=O)c1ccccc1Cl)C3. The number of hydrogen-bond acceptors (Lipinski definition) is 1. The lowest BCUT2D eigenvalue weighted by Gasteiger charge is -2.13.